The minimum Gasteiger partial charge on any atom is -0.478 e. The zero-order valence-corrected chi connectivity index (χ0v) is 16.2. The minimum atomic E-state index is -2.23. The fourth-order valence-corrected chi connectivity index (χ4v) is 3.77. The van der Waals surface area contributed by atoms with Crippen LogP contribution < -0.4 is 4.31 Å². The van der Waals surface area contributed by atoms with Crippen molar-refractivity contribution in [2.24, 2.45) is 0 Å². The lowest BCUT2D eigenvalue weighted by Gasteiger charge is -2.23. The Kier molecular flexibility index (Phi) is 6.23. The van der Waals surface area contributed by atoms with Gasteiger partial charge in [-0.2, -0.15) is 0 Å². The van der Waals surface area contributed by atoms with Gasteiger partial charge in [-0.25, -0.2) is 13.3 Å². The normalized spacial score (nSPS) is 11.8. The van der Waals surface area contributed by atoms with Crippen LogP contribution >= 0.6 is 0 Å². The molecule has 0 spiro atoms. The van der Waals surface area contributed by atoms with Gasteiger partial charge < -0.3 is 5.11 Å². The SMILES string of the molecule is Cc1cccc(N(c2ccccc2CCc2cccc(C(=O)O)c2)S(=O)O)c1. The molecule has 28 heavy (non-hydrogen) atoms. The third-order valence-electron chi connectivity index (χ3n) is 4.46. The quantitative estimate of drug-likeness (QED) is 0.566. The molecule has 0 heterocycles. The van der Waals surface area contributed by atoms with Gasteiger partial charge in [0, 0.05) is 0 Å². The molecule has 0 aliphatic rings. The van der Waals surface area contributed by atoms with Crippen LogP contribution in [-0.2, 0) is 24.1 Å². The van der Waals surface area contributed by atoms with E-state index in [1.807, 2.05) is 55.5 Å². The summed E-state index contributed by atoms with van der Waals surface area (Å²) in [5.41, 5.74) is 4.36. The predicted molar refractivity (Wildman–Crippen MR) is 111 cm³/mol. The molecule has 0 radical (unpaired) electrons. The number of hydrogen-bond acceptors (Lipinski definition) is 2. The summed E-state index contributed by atoms with van der Waals surface area (Å²) in [5.74, 6) is -0.955. The molecule has 3 aromatic rings. The van der Waals surface area contributed by atoms with Crippen LogP contribution in [0, 0.1) is 6.92 Å². The third kappa shape index (κ3) is 4.65. The smallest absolute Gasteiger partial charge is 0.335 e. The highest BCUT2D eigenvalue weighted by Gasteiger charge is 2.18. The number of carbonyl (C=O) groups is 1. The Labute approximate surface area is 166 Å². The van der Waals surface area contributed by atoms with Gasteiger partial charge in [0.15, 0.2) is 0 Å². The number of aryl methyl sites for hydroxylation is 3. The molecule has 0 aromatic heterocycles. The van der Waals surface area contributed by atoms with Crippen LogP contribution in [0.3, 0.4) is 0 Å². The first-order valence-corrected chi connectivity index (χ1v) is 9.90. The maximum Gasteiger partial charge on any atom is 0.335 e. The van der Waals surface area contributed by atoms with Gasteiger partial charge in [0.25, 0.3) is 11.3 Å². The highest BCUT2D eigenvalue weighted by Crippen LogP contribution is 2.31. The Bertz CT molecular complexity index is 1020. The highest BCUT2D eigenvalue weighted by molar-refractivity contribution is 7.81. The van der Waals surface area contributed by atoms with Crippen LogP contribution in [0.25, 0.3) is 0 Å². The summed E-state index contributed by atoms with van der Waals surface area (Å²) in [6.07, 6.45) is 1.23. The number of nitrogens with zero attached hydrogens (tertiary/aromatic N) is 1. The molecule has 0 saturated heterocycles. The summed E-state index contributed by atoms with van der Waals surface area (Å²) in [4.78, 5) is 11.2. The molecule has 3 rings (SSSR count). The molecule has 0 fully saturated rings. The Morgan fingerprint density at radius 2 is 1.71 bits per heavy atom. The molecule has 0 bridgehead atoms. The van der Waals surface area contributed by atoms with Crippen LogP contribution in [0.2, 0.25) is 0 Å². The van der Waals surface area contributed by atoms with Crippen molar-refractivity contribution in [3.05, 3.63) is 95.1 Å². The van der Waals surface area contributed by atoms with E-state index in [-0.39, 0.29) is 5.56 Å². The van der Waals surface area contributed by atoms with Crippen molar-refractivity contribution in [1.29, 1.82) is 0 Å². The van der Waals surface area contributed by atoms with Crippen molar-refractivity contribution in [2.45, 2.75) is 19.8 Å². The average Bonchev–Trinajstić information content (AvgIpc) is 2.67. The van der Waals surface area contributed by atoms with Crippen molar-refractivity contribution >= 4 is 28.6 Å². The molecule has 0 saturated carbocycles. The van der Waals surface area contributed by atoms with Gasteiger partial charge in [-0.1, -0.05) is 42.5 Å². The number of carboxylic acids is 1. The molecular weight excluding hydrogens is 374 g/mol. The van der Waals surface area contributed by atoms with Gasteiger partial charge in [-0.3, -0.25) is 4.55 Å². The largest absolute Gasteiger partial charge is 0.478 e. The Balaban J connectivity index is 1.91. The lowest BCUT2D eigenvalue weighted by molar-refractivity contribution is 0.0696. The summed E-state index contributed by atoms with van der Waals surface area (Å²) in [6.45, 7) is 1.93. The topological polar surface area (TPSA) is 77.8 Å². The van der Waals surface area contributed by atoms with E-state index in [4.69, 9.17) is 5.11 Å². The van der Waals surface area contributed by atoms with E-state index in [0.29, 0.717) is 24.2 Å². The van der Waals surface area contributed by atoms with E-state index in [2.05, 4.69) is 0 Å². The molecule has 1 unspecified atom stereocenters. The number of rotatable bonds is 7. The first-order valence-electron chi connectivity index (χ1n) is 8.83. The van der Waals surface area contributed by atoms with Crippen molar-refractivity contribution in [3.63, 3.8) is 0 Å². The highest BCUT2D eigenvalue weighted by atomic mass is 32.2. The predicted octanol–water partition coefficient (Wildman–Crippen LogP) is 4.75. The van der Waals surface area contributed by atoms with Gasteiger partial charge in [0.1, 0.15) is 0 Å². The van der Waals surface area contributed by atoms with Gasteiger partial charge in [0.05, 0.1) is 16.9 Å². The second-order valence-electron chi connectivity index (χ2n) is 6.50. The van der Waals surface area contributed by atoms with Gasteiger partial charge in [-0.15, -0.1) is 0 Å². The lowest BCUT2D eigenvalue weighted by atomic mass is 10.0. The number of anilines is 2. The average molecular weight is 395 g/mol. The molecular formula is C22H21NO4S. The standard InChI is InChI=1S/C22H21NO4S/c1-16-6-4-10-20(14-16)23(28(26)27)21-11-3-2-8-18(21)13-12-17-7-5-9-19(15-17)22(24)25/h2-11,14-15H,12-13H2,1H3,(H,24,25)(H,26,27). The van der Waals surface area contributed by atoms with Crippen molar-refractivity contribution in [1.82, 2.24) is 0 Å². The Morgan fingerprint density at radius 1 is 0.964 bits per heavy atom. The number of hydrogen-bond donors (Lipinski definition) is 2. The third-order valence-corrected chi connectivity index (χ3v) is 5.18. The summed E-state index contributed by atoms with van der Waals surface area (Å²) in [7, 11) is 0. The first-order chi connectivity index (χ1) is 13.5. The number of aromatic carboxylic acids is 1. The molecule has 2 N–H and O–H groups in total. The first kappa shape index (κ1) is 19.8. The Morgan fingerprint density at radius 3 is 2.43 bits per heavy atom. The number of benzene rings is 3. The molecule has 0 aliphatic carbocycles. The fraction of sp³-hybridized carbons (Fsp3) is 0.136. The molecule has 1 atom stereocenters. The van der Waals surface area contributed by atoms with Crippen LogP contribution in [0.4, 0.5) is 11.4 Å². The van der Waals surface area contributed by atoms with Crippen molar-refractivity contribution < 1.29 is 18.7 Å². The molecule has 3 aromatic carbocycles. The maximum absolute atomic E-state index is 12.1. The van der Waals surface area contributed by atoms with E-state index in [1.54, 1.807) is 24.3 Å². The van der Waals surface area contributed by atoms with Crippen LogP contribution in [0.1, 0.15) is 27.0 Å². The number of carboxylic acid groups (broad SMARTS) is 1. The zero-order chi connectivity index (χ0) is 20.1. The van der Waals surface area contributed by atoms with Gasteiger partial charge >= 0.3 is 5.97 Å². The van der Waals surface area contributed by atoms with E-state index in [9.17, 15) is 13.6 Å². The van der Waals surface area contributed by atoms with E-state index in [1.165, 1.54) is 4.31 Å². The zero-order valence-electron chi connectivity index (χ0n) is 15.4. The molecule has 5 nitrogen and oxygen atoms in total. The summed E-state index contributed by atoms with van der Waals surface area (Å²) in [6, 6.07) is 21.8. The van der Waals surface area contributed by atoms with E-state index in [0.717, 1.165) is 16.7 Å². The monoisotopic (exact) mass is 395 g/mol. The lowest BCUT2D eigenvalue weighted by Crippen LogP contribution is -2.20. The summed E-state index contributed by atoms with van der Waals surface area (Å²) < 4.78 is 23.5. The van der Waals surface area contributed by atoms with Crippen molar-refractivity contribution in [2.75, 3.05) is 4.31 Å². The van der Waals surface area contributed by atoms with E-state index >= 15 is 0 Å². The fourth-order valence-electron chi connectivity index (χ4n) is 3.13. The summed E-state index contributed by atoms with van der Waals surface area (Å²) in [5, 5.41) is 9.15. The van der Waals surface area contributed by atoms with Gasteiger partial charge in [0.2, 0.25) is 0 Å². The Hall–Kier alpha value is -2.96. The summed E-state index contributed by atoms with van der Waals surface area (Å²) >= 11 is -2.23. The second kappa shape index (κ2) is 8.82. The molecule has 144 valence electrons. The second-order valence-corrected chi connectivity index (χ2v) is 7.32. The maximum atomic E-state index is 12.1. The van der Waals surface area contributed by atoms with Crippen molar-refractivity contribution in [3.8, 4) is 0 Å². The van der Waals surface area contributed by atoms with Gasteiger partial charge in [-0.05, 0) is 66.8 Å². The van der Waals surface area contributed by atoms with Crippen LogP contribution in [0.15, 0.2) is 72.8 Å². The molecule has 6 heteroatoms. The van der Waals surface area contributed by atoms with Crippen LogP contribution in [-0.4, -0.2) is 19.8 Å². The molecule has 0 aliphatic heterocycles. The number of para-hydroxylation sites is 1. The minimum absolute atomic E-state index is 0.253. The molecule has 0 amide bonds. The van der Waals surface area contributed by atoms with E-state index < -0.39 is 17.2 Å². The van der Waals surface area contributed by atoms with Crippen LogP contribution in [0.5, 0.6) is 0 Å².